The van der Waals surface area contributed by atoms with Gasteiger partial charge in [-0.1, -0.05) is 17.3 Å². The van der Waals surface area contributed by atoms with Crippen LogP contribution in [0.2, 0.25) is 0 Å². The van der Waals surface area contributed by atoms with E-state index in [4.69, 9.17) is 4.74 Å². The van der Waals surface area contributed by atoms with E-state index in [1.54, 1.807) is 4.68 Å². The molecule has 0 N–H and O–H groups in total. The number of nitrogens with zero attached hydrogens (tertiary/aromatic N) is 3. The molecular formula is C12H15N3O. The van der Waals surface area contributed by atoms with Crippen LogP contribution in [-0.2, 0) is 13.7 Å². The molecule has 0 unspecified atom stereocenters. The van der Waals surface area contributed by atoms with E-state index in [-0.39, 0.29) is 0 Å². The van der Waals surface area contributed by atoms with Gasteiger partial charge in [0.2, 0.25) is 0 Å². The summed E-state index contributed by atoms with van der Waals surface area (Å²) in [4.78, 5) is 0. The van der Waals surface area contributed by atoms with Crippen LogP contribution in [0.5, 0.6) is 5.75 Å². The summed E-state index contributed by atoms with van der Waals surface area (Å²) in [7, 11) is 1.84. The number of aryl methyl sites for hydroxylation is 3. The second-order valence-electron chi connectivity index (χ2n) is 3.94. The molecule has 0 spiro atoms. The van der Waals surface area contributed by atoms with Crippen molar-refractivity contribution in [3.8, 4) is 5.75 Å². The first-order valence-corrected chi connectivity index (χ1v) is 5.20. The van der Waals surface area contributed by atoms with Gasteiger partial charge in [0.25, 0.3) is 0 Å². The van der Waals surface area contributed by atoms with Crippen LogP contribution in [0.4, 0.5) is 0 Å². The predicted octanol–water partition coefficient (Wildman–Crippen LogP) is 2.01. The topological polar surface area (TPSA) is 39.9 Å². The molecule has 84 valence electrons. The van der Waals surface area contributed by atoms with Crippen LogP contribution in [0.3, 0.4) is 0 Å². The van der Waals surface area contributed by atoms with Gasteiger partial charge < -0.3 is 4.74 Å². The van der Waals surface area contributed by atoms with Crippen molar-refractivity contribution >= 4 is 0 Å². The molecule has 0 radical (unpaired) electrons. The zero-order valence-corrected chi connectivity index (χ0v) is 9.77. The highest BCUT2D eigenvalue weighted by molar-refractivity contribution is 5.35. The molecule has 4 nitrogen and oxygen atoms in total. The maximum atomic E-state index is 5.70. The molecule has 0 aliphatic carbocycles. The molecule has 1 heterocycles. The largest absolute Gasteiger partial charge is 0.487 e. The van der Waals surface area contributed by atoms with E-state index in [1.165, 1.54) is 5.56 Å². The Morgan fingerprint density at radius 1 is 1.31 bits per heavy atom. The Morgan fingerprint density at radius 3 is 2.81 bits per heavy atom. The summed E-state index contributed by atoms with van der Waals surface area (Å²) in [5, 5.41) is 7.83. The van der Waals surface area contributed by atoms with E-state index in [2.05, 4.69) is 29.4 Å². The van der Waals surface area contributed by atoms with E-state index < -0.39 is 0 Å². The van der Waals surface area contributed by atoms with Crippen molar-refractivity contribution in [2.75, 3.05) is 0 Å². The normalized spacial score (nSPS) is 10.4. The van der Waals surface area contributed by atoms with Crippen molar-refractivity contribution in [3.63, 3.8) is 0 Å². The Morgan fingerprint density at radius 2 is 2.12 bits per heavy atom. The van der Waals surface area contributed by atoms with Crippen LogP contribution in [0.1, 0.15) is 16.8 Å². The van der Waals surface area contributed by atoms with Crippen molar-refractivity contribution in [1.29, 1.82) is 0 Å². The average molecular weight is 217 g/mol. The summed E-state index contributed by atoms with van der Waals surface area (Å²) >= 11 is 0. The maximum Gasteiger partial charge on any atom is 0.134 e. The highest BCUT2D eigenvalue weighted by Gasteiger charge is 2.02. The lowest BCUT2D eigenvalue weighted by Gasteiger charge is -2.08. The second-order valence-corrected chi connectivity index (χ2v) is 3.94. The first-order chi connectivity index (χ1) is 7.65. The smallest absolute Gasteiger partial charge is 0.134 e. The number of aromatic nitrogens is 3. The predicted molar refractivity (Wildman–Crippen MR) is 61.3 cm³/mol. The summed E-state index contributed by atoms with van der Waals surface area (Å²) in [6.07, 6.45) is 1.85. The highest BCUT2D eigenvalue weighted by Crippen LogP contribution is 2.19. The number of benzene rings is 1. The summed E-state index contributed by atoms with van der Waals surface area (Å²) in [5.74, 6) is 0.908. The average Bonchev–Trinajstić information content (AvgIpc) is 2.66. The Balaban J connectivity index is 2.07. The van der Waals surface area contributed by atoms with Crippen LogP contribution < -0.4 is 4.74 Å². The molecule has 2 rings (SSSR count). The van der Waals surface area contributed by atoms with E-state index in [0.29, 0.717) is 6.61 Å². The fourth-order valence-corrected chi connectivity index (χ4v) is 1.48. The molecule has 2 aromatic rings. The van der Waals surface area contributed by atoms with Gasteiger partial charge >= 0.3 is 0 Å². The van der Waals surface area contributed by atoms with Gasteiger partial charge in [-0.25, -0.2) is 0 Å². The summed E-state index contributed by atoms with van der Waals surface area (Å²) < 4.78 is 7.37. The van der Waals surface area contributed by atoms with Crippen LogP contribution in [-0.4, -0.2) is 15.0 Å². The molecule has 4 heteroatoms. The summed E-state index contributed by atoms with van der Waals surface area (Å²) in [6, 6.07) is 6.16. The summed E-state index contributed by atoms with van der Waals surface area (Å²) in [5.41, 5.74) is 3.16. The third-order valence-corrected chi connectivity index (χ3v) is 2.37. The maximum absolute atomic E-state index is 5.70. The molecular weight excluding hydrogens is 202 g/mol. The van der Waals surface area contributed by atoms with Crippen molar-refractivity contribution < 1.29 is 4.74 Å². The second kappa shape index (κ2) is 4.35. The zero-order chi connectivity index (χ0) is 11.5. The Hall–Kier alpha value is -1.84. The van der Waals surface area contributed by atoms with Crippen LogP contribution >= 0.6 is 0 Å². The van der Waals surface area contributed by atoms with Gasteiger partial charge in [0.05, 0.1) is 6.20 Å². The van der Waals surface area contributed by atoms with Crippen molar-refractivity contribution in [3.05, 3.63) is 41.2 Å². The third kappa shape index (κ3) is 2.39. The minimum Gasteiger partial charge on any atom is -0.487 e. The number of rotatable bonds is 3. The minimum absolute atomic E-state index is 0.456. The molecule has 0 saturated heterocycles. The van der Waals surface area contributed by atoms with Crippen LogP contribution in [0.15, 0.2) is 24.4 Å². The Kier molecular flexibility index (Phi) is 2.90. The molecule has 0 aliphatic rings. The van der Waals surface area contributed by atoms with Gasteiger partial charge in [0, 0.05) is 7.05 Å². The molecule has 0 bridgehead atoms. The Labute approximate surface area is 94.9 Å². The standard InChI is InChI=1S/C12H15N3O/c1-9-4-5-10(2)12(6-9)16-8-11-7-15(3)14-13-11/h4-7H,8H2,1-3H3. The van der Waals surface area contributed by atoms with Gasteiger partial charge in [-0.2, -0.15) is 0 Å². The lowest BCUT2D eigenvalue weighted by atomic mass is 10.1. The Bertz CT molecular complexity index is 491. The first-order valence-electron chi connectivity index (χ1n) is 5.20. The van der Waals surface area contributed by atoms with Gasteiger partial charge in [-0.05, 0) is 31.0 Å². The van der Waals surface area contributed by atoms with Gasteiger partial charge in [-0.3, -0.25) is 4.68 Å². The van der Waals surface area contributed by atoms with E-state index in [9.17, 15) is 0 Å². The summed E-state index contributed by atoms with van der Waals surface area (Å²) in [6.45, 7) is 4.54. The van der Waals surface area contributed by atoms with Crippen LogP contribution in [0, 0.1) is 13.8 Å². The fourth-order valence-electron chi connectivity index (χ4n) is 1.48. The van der Waals surface area contributed by atoms with E-state index >= 15 is 0 Å². The van der Waals surface area contributed by atoms with Gasteiger partial charge in [0.1, 0.15) is 18.1 Å². The van der Waals surface area contributed by atoms with Crippen molar-refractivity contribution in [2.45, 2.75) is 20.5 Å². The molecule has 1 aromatic carbocycles. The molecule has 0 amide bonds. The first kappa shape index (κ1) is 10.7. The van der Waals surface area contributed by atoms with Crippen molar-refractivity contribution in [1.82, 2.24) is 15.0 Å². The fraction of sp³-hybridized carbons (Fsp3) is 0.333. The molecule has 0 saturated carbocycles. The molecule has 0 fully saturated rings. The lowest BCUT2D eigenvalue weighted by molar-refractivity contribution is 0.299. The molecule has 0 aliphatic heterocycles. The third-order valence-electron chi connectivity index (χ3n) is 2.37. The quantitative estimate of drug-likeness (QED) is 0.789. The molecule has 0 atom stereocenters. The molecule has 16 heavy (non-hydrogen) atoms. The minimum atomic E-state index is 0.456. The van der Waals surface area contributed by atoms with Crippen LogP contribution in [0.25, 0.3) is 0 Å². The van der Waals surface area contributed by atoms with Gasteiger partial charge in [0.15, 0.2) is 0 Å². The highest BCUT2D eigenvalue weighted by atomic mass is 16.5. The molecule has 1 aromatic heterocycles. The lowest BCUT2D eigenvalue weighted by Crippen LogP contribution is -1.97. The van der Waals surface area contributed by atoms with E-state index in [0.717, 1.165) is 17.0 Å². The number of ether oxygens (including phenoxy) is 1. The SMILES string of the molecule is Cc1ccc(C)c(OCc2cn(C)nn2)c1. The number of hydrogen-bond acceptors (Lipinski definition) is 3. The monoisotopic (exact) mass is 217 g/mol. The van der Waals surface area contributed by atoms with Crippen molar-refractivity contribution in [2.24, 2.45) is 7.05 Å². The van der Waals surface area contributed by atoms with E-state index in [1.807, 2.05) is 26.2 Å². The number of hydrogen-bond donors (Lipinski definition) is 0. The zero-order valence-electron chi connectivity index (χ0n) is 9.77. The van der Waals surface area contributed by atoms with Gasteiger partial charge in [-0.15, -0.1) is 5.10 Å².